The van der Waals surface area contributed by atoms with Gasteiger partial charge in [-0.1, -0.05) is 18.2 Å². The molecular formula is C16H16N4O2S. The van der Waals surface area contributed by atoms with Gasteiger partial charge in [0.25, 0.3) is 5.91 Å². The molecule has 2 aliphatic heterocycles. The van der Waals surface area contributed by atoms with Crippen LogP contribution in [0.1, 0.15) is 10.5 Å². The molecular weight excluding hydrogens is 312 g/mol. The van der Waals surface area contributed by atoms with Gasteiger partial charge in [-0.25, -0.2) is 9.78 Å². The number of carbonyl (C=O) groups is 2. The maximum Gasteiger partial charge on any atom is 0.321 e. The van der Waals surface area contributed by atoms with Crippen LogP contribution in [0.2, 0.25) is 0 Å². The van der Waals surface area contributed by atoms with Crippen LogP contribution in [0.4, 0.5) is 10.5 Å². The molecule has 23 heavy (non-hydrogen) atoms. The van der Waals surface area contributed by atoms with Gasteiger partial charge >= 0.3 is 6.03 Å². The molecule has 2 atom stereocenters. The molecule has 0 saturated carbocycles. The van der Waals surface area contributed by atoms with Crippen LogP contribution in [0.25, 0.3) is 0 Å². The second kappa shape index (κ2) is 5.66. The summed E-state index contributed by atoms with van der Waals surface area (Å²) in [6, 6.07) is 9.42. The van der Waals surface area contributed by atoms with Crippen LogP contribution in [0.5, 0.6) is 0 Å². The van der Waals surface area contributed by atoms with Crippen molar-refractivity contribution in [3.8, 4) is 0 Å². The number of carbonyl (C=O) groups excluding carboxylic acids is 2. The Morgan fingerprint density at radius 2 is 2.00 bits per heavy atom. The highest BCUT2D eigenvalue weighted by molar-refractivity contribution is 7.07. The minimum absolute atomic E-state index is 0.0298. The SMILES string of the molecule is O=C(Nc1ccccc1)N1CC2CN(C(=O)c3cscn3)C2C1. The van der Waals surface area contributed by atoms with Crippen molar-refractivity contribution < 1.29 is 9.59 Å². The molecule has 0 spiro atoms. The van der Waals surface area contributed by atoms with Gasteiger partial charge in [0.2, 0.25) is 0 Å². The summed E-state index contributed by atoms with van der Waals surface area (Å²) >= 11 is 1.42. The number of urea groups is 1. The fourth-order valence-corrected chi connectivity index (χ4v) is 3.75. The van der Waals surface area contributed by atoms with Crippen LogP contribution in [-0.4, -0.2) is 52.4 Å². The van der Waals surface area contributed by atoms with Gasteiger partial charge in [-0.2, -0.15) is 0 Å². The zero-order chi connectivity index (χ0) is 15.8. The van der Waals surface area contributed by atoms with Gasteiger partial charge in [-0.3, -0.25) is 4.79 Å². The number of para-hydroxylation sites is 1. The normalized spacial score (nSPS) is 22.4. The summed E-state index contributed by atoms with van der Waals surface area (Å²) in [4.78, 5) is 32.4. The maximum absolute atomic E-state index is 12.3. The van der Waals surface area contributed by atoms with E-state index in [0.29, 0.717) is 31.2 Å². The van der Waals surface area contributed by atoms with E-state index in [1.165, 1.54) is 11.3 Å². The molecule has 2 aromatic rings. The summed E-state index contributed by atoms with van der Waals surface area (Å²) < 4.78 is 0. The van der Waals surface area contributed by atoms with Crippen molar-refractivity contribution in [1.29, 1.82) is 0 Å². The average molecular weight is 328 g/mol. The number of nitrogens with one attached hydrogen (secondary N) is 1. The van der Waals surface area contributed by atoms with Crippen molar-refractivity contribution in [2.45, 2.75) is 6.04 Å². The van der Waals surface area contributed by atoms with Crippen LogP contribution in [0.3, 0.4) is 0 Å². The van der Waals surface area contributed by atoms with Crippen LogP contribution < -0.4 is 5.32 Å². The average Bonchev–Trinajstić information content (AvgIpc) is 3.17. The minimum atomic E-state index is -0.105. The minimum Gasteiger partial charge on any atom is -0.332 e. The highest BCUT2D eigenvalue weighted by Crippen LogP contribution is 2.33. The van der Waals surface area contributed by atoms with Crippen molar-refractivity contribution in [3.05, 3.63) is 46.9 Å². The molecule has 2 fully saturated rings. The lowest BCUT2D eigenvalue weighted by Gasteiger charge is -2.42. The van der Waals surface area contributed by atoms with E-state index < -0.39 is 0 Å². The lowest BCUT2D eigenvalue weighted by Crippen LogP contribution is -2.58. The number of rotatable bonds is 2. The van der Waals surface area contributed by atoms with Crippen molar-refractivity contribution in [1.82, 2.24) is 14.8 Å². The third-order valence-corrected chi connectivity index (χ3v) is 5.05. The van der Waals surface area contributed by atoms with Crippen molar-refractivity contribution in [2.75, 3.05) is 25.0 Å². The molecule has 4 rings (SSSR count). The highest BCUT2D eigenvalue weighted by Gasteiger charge is 2.49. The molecule has 2 unspecified atom stereocenters. The van der Waals surface area contributed by atoms with E-state index in [4.69, 9.17) is 0 Å². The van der Waals surface area contributed by atoms with Crippen LogP contribution >= 0.6 is 11.3 Å². The topological polar surface area (TPSA) is 65.5 Å². The summed E-state index contributed by atoms with van der Waals surface area (Å²) in [5.41, 5.74) is 2.95. The van der Waals surface area contributed by atoms with Gasteiger partial charge in [0, 0.05) is 36.6 Å². The molecule has 2 saturated heterocycles. The number of amides is 3. The largest absolute Gasteiger partial charge is 0.332 e. The van der Waals surface area contributed by atoms with Gasteiger partial charge < -0.3 is 15.1 Å². The van der Waals surface area contributed by atoms with E-state index in [1.807, 2.05) is 35.2 Å². The van der Waals surface area contributed by atoms with E-state index in [0.717, 1.165) is 5.69 Å². The Morgan fingerprint density at radius 1 is 1.17 bits per heavy atom. The second-order valence-corrected chi connectivity index (χ2v) is 6.58. The molecule has 2 aliphatic rings. The molecule has 1 aromatic carbocycles. The smallest absolute Gasteiger partial charge is 0.321 e. The van der Waals surface area contributed by atoms with Gasteiger partial charge in [-0.15, -0.1) is 11.3 Å². The maximum atomic E-state index is 12.3. The fourth-order valence-electron chi connectivity index (χ4n) is 3.23. The first kappa shape index (κ1) is 14.2. The third kappa shape index (κ3) is 2.57. The number of aromatic nitrogens is 1. The summed E-state index contributed by atoms with van der Waals surface area (Å²) in [7, 11) is 0. The number of fused-ring (bicyclic) bond motifs is 1. The fraction of sp³-hybridized carbons (Fsp3) is 0.312. The zero-order valence-corrected chi connectivity index (χ0v) is 13.2. The van der Waals surface area contributed by atoms with E-state index in [-0.39, 0.29) is 18.0 Å². The Kier molecular flexibility index (Phi) is 3.49. The van der Waals surface area contributed by atoms with E-state index in [9.17, 15) is 9.59 Å². The Bertz CT molecular complexity index is 719. The zero-order valence-electron chi connectivity index (χ0n) is 12.4. The number of nitrogens with zero attached hydrogens (tertiary/aromatic N) is 3. The van der Waals surface area contributed by atoms with Crippen LogP contribution in [0, 0.1) is 5.92 Å². The number of benzene rings is 1. The number of likely N-dealkylation sites (tertiary alicyclic amines) is 2. The Labute approximate surface area is 137 Å². The first-order chi connectivity index (χ1) is 11.2. The van der Waals surface area contributed by atoms with Gasteiger partial charge in [0.15, 0.2) is 0 Å². The summed E-state index contributed by atoms with van der Waals surface area (Å²) in [5, 5.41) is 4.67. The lowest BCUT2D eigenvalue weighted by atomic mass is 9.92. The van der Waals surface area contributed by atoms with E-state index in [1.54, 1.807) is 15.8 Å². The van der Waals surface area contributed by atoms with E-state index >= 15 is 0 Å². The third-order valence-electron chi connectivity index (χ3n) is 4.46. The van der Waals surface area contributed by atoms with Crippen LogP contribution in [0.15, 0.2) is 41.2 Å². The van der Waals surface area contributed by atoms with Crippen molar-refractivity contribution in [2.24, 2.45) is 5.92 Å². The lowest BCUT2D eigenvalue weighted by molar-refractivity contribution is 0.0322. The number of hydrogen-bond donors (Lipinski definition) is 1. The molecule has 3 heterocycles. The van der Waals surface area contributed by atoms with Crippen LogP contribution in [-0.2, 0) is 0 Å². The van der Waals surface area contributed by atoms with Gasteiger partial charge in [0.05, 0.1) is 11.6 Å². The molecule has 3 amide bonds. The molecule has 118 valence electrons. The molecule has 6 nitrogen and oxygen atoms in total. The Morgan fingerprint density at radius 3 is 2.74 bits per heavy atom. The first-order valence-corrected chi connectivity index (χ1v) is 8.47. The quantitative estimate of drug-likeness (QED) is 0.918. The molecule has 0 radical (unpaired) electrons. The standard InChI is InChI=1S/C16H16N4O2S/c21-15(13-9-23-10-17-13)20-7-11-6-19(8-14(11)20)16(22)18-12-4-2-1-3-5-12/h1-5,9-11,14H,6-8H2,(H,18,22). The van der Waals surface area contributed by atoms with Gasteiger partial charge in [-0.05, 0) is 12.1 Å². The summed E-state index contributed by atoms with van der Waals surface area (Å²) in [6.45, 7) is 1.99. The number of thiazole rings is 1. The van der Waals surface area contributed by atoms with E-state index in [2.05, 4.69) is 10.3 Å². The molecule has 1 N–H and O–H groups in total. The Hall–Kier alpha value is -2.41. The molecule has 1 aromatic heterocycles. The monoisotopic (exact) mass is 328 g/mol. The first-order valence-electron chi connectivity index (χ1n) is 7.52. The molecule has 0 aliphatic carbocycles. The highest BCUT2D eigenvalue weighted by atomic mass is 32.1. The second-order valence-electron chi connectivity index (χ2n) is 5.86. The predicted octanol–water partition coefficient (Wildman–Crippen LogP) is 2.13. The molecule has 0 bridgehead atoms. The van der Waals surface area contributed by atoms with Crippen molar-refractivity contribution in [3.63, 3.8) is 0 Å². The van der Waals surface area contributed by atoms with Crippen molar-refractivity contribution >= 4 is 29.0 Å². The van der Waals surface area contributed by atoms with Gasteiger partial charge in [0.1, 0.15) is 5.69 Å². The summed E-state index contributed by atoms with van der Waals surface area (Å²) in [6.07, 6.45) is 0. The predicted molar refractivity (Wildman–Crippen MR) is 87.5 cm³/mol. The molecule has 7 heteroatoms. The number of anilines is 1. The number of hydrogen-bond acceptors (Lipinski definition) is 4. The Balaban J connectivity index is 1.38. The summed E-state index contributed by atoms with van der Waals surface area (Å²) in [5.74, 6) is 0.344.